The van der Waals surface area contributed by atoms with Crippen molar-refractivity contribution >= 4 is 33.2 Å². The van der Waals surface area contributed by atoms with Crippen LogP contribution in [0.2, 0.25) is 5.02 Å². The Morgan fingerprint density at radius 1 is 1.41 bits per heavy atom. The average molecular weight is 318 g/mol. The van der Waals surface area contributed by atoms with Crippen LogP contribution in [0.5, 0.6) is 11.6 Å². The monoisotopic (exact) mass is 316 g/mol. The molecule has 1 aromatic heterocycles. The Balaban J connectivity index is 2.38. The summed E-state index contributed by atoms with van der Waals surface area (Å²) in [5.41, 5.74) is 6.00. The molecule has 2 rings (SSSR count). The van der Waals surface area contributed by atoms with Gasteiger partial charge in [-0.3, -0.25) is 0 Å². The van der Waals surface area contributed by atoms with Gasteiger partial charge in [0.2, 0.25) is 0 Å². The fourth-order valence-electron chi connectivity index (χ4n) is 1.21. The van der Waals surface area contributed by atoms with Gasteiger partial charge in [0.25, 0.3) is 5.88 Å². The number of para-hydroxylation sites is 1. The number of pyridine rings is 1. The molecule has 88 valence electrons. The minimum Gasteiger partial charge on any atom is -0.433 e. The van der Waals surface area contributed by atoms with E-state index in [0.29, 0.717) is 15.2 Å². The number of nitrogens with two attached hydrogens (primary N) is 1. The number of rotatable bonds is 2. The van der Waals surface area contributed by atoms with E-state index in [0.717, 1.165) is 0 Å². The average Bonchev–Trinajstić information content (AvgIpc) is 2.26. The summed E-state index contributed by atoms with van der Waals surface area (Å²) in [6.45, 7) is 0. The van der Waals surface area contributed by atoms with Gasteiger partial charge < -0.3 is 10.5 Å². The SMILES string of the molecule is Nc1cccc(Cl)c1Oc1ncc(Br)cc1F. The quantitative estimate of drug-likeness (QED) is 0.851. The molecular weight excluding hydrogens is 310 g/mol. The summed E-state index contributed by atoms with van der Waals surface area (Å²) >= 11 is 9.00. The number of halogens is 3. The second kappa shape index (κ2) is 4.89. The molecule has 0 aliphatic carbocycles. The van der Waals surface area contributed by atoms with Crippen molar-refractivity contribution in [3.05, 3.63) is 45.8 Å². The highest BCUT2D eigenvalue weighted by atomic mass is 79.9. The molecule has 0 bridgehead atoms. The normalized spacial score (nSPS) is 10.3. The van der Waals surface area contributed by atoms with Crippen LogP contribution in [0.25, 0.3) is 0 Å². The van der Waals surface area contributed by atoms with E-state index in [1.165, 1.54) is 12.3 Å². The Morgan fingerprint density at radius 2 is 2.18 bits per heavy atom. The van der Waals surface area contributed by atoms with Crippen molar-refractivity contribution < 1.29 is 9.13 Å². The zero-order valence-electron chi connectivity index (χ0n) is 8.45. The lowest BCUT2D eigenvalue weighted by Crippen LogP contribution is -1.96. The standard InChI is InChI=1S/C11H7BrClFN2O/c12-6-4-8(14)11(16-5-6)17-10-7(13)2-1-3-9(10)15/h1-5H,15H2. The van der Waals surface area contributed by atoms with Crippen molar-refractivity contribution in [2.45, 2.75) is 0 Å². The van der Waals surface area contributed by atoms with Crippen molar-refractivity contribution in [2.75, 3.05) is 5.73 Å². The van der Waals surface area contributed by atoms with Gasteiger partial charge in [-0.2, -0.15) is 0 Å². The fraction of sp³-hybridized carbons (Fsp3) is 0. The lowest BCUT2D eigenvalue weighted by Gasteiger charge is -2.09. The number of nitrogen functional groups attached to an aromatic ring is 1. The first kappa shape index (κ1) is 12.1. The summed E-state index contributed by atoms with van der Waals surface area (Å²) in [6, 6.07) is 6.13. The number of nitrogens with zero attached hydrogens (tertiary/aromatic N) is 1. The molecule has 0 atom stereocenters. The number of ether oxygens (including phenoxy) is 1. The van der Waals surface area contributed by atoms with E-state index < -0.39 is 5.82 Å². The highest BCUT2D eigenvalue weighted by Crippen LogP contribution is 2.34. The molecule has 1 heterocycles. The van der Waals surface area contributed by atoms with E-state index >= 15 is 0 Å². The van der Waals surface area contributed by atoms with E-state index in [9.17, 15) is 4.39 Å². The topological polar surface area (TPSA) is 48.1 Å². The van der Waals surface area contributed by atoms with Crippen LogP contribution in [0.15, 0.2) is 34.9 Å². The smallest absolute Gasteiger partial charge is 0.256 e. The summed E-state index contributed by atoms with van der Waals surface area (Å²) in [6.07, 6.45) is 1.42. The van der Waals surface area contributed by atoms with Gasteiger partial charge in [-0.15, -0.1) is 0 Å². The lowest BCUT2D eigenvalue weighted by molar-refractivity contribution is 0.424. The third-order valence-electron chi connectivity index (χ3n) is 1.97. The van der Waals surface area contributed by atoms with Crippen LogP contribution in [0.1, 0.15) is 0 Å². The number of anilines is 1. The van der Waals surface area contributed by atoms with Crippen molar-refractivity contribution in [2.24, 2.45) is 0 Å². The second-order valence-corrected chi connectivity index (χ2v) is 4.52. The minimum atomic E-state index is -0.598. The molecular formula is C11H7BrClFN2O. The molecule has 0 spiro atoms. The molecule has 2 aromatic rings. The molecule has 0 fully saturated rings. The first-order valence-corrected chi connectivity index (χ1v) is 5.78. The van der Waals surface area contributed by atoms with Gasteiger partial charge in [0, 0.05) is 10.7 Å². The van der Waals surface area contributed by atoms with Gasteiger partial charge in [0.05, 0.1) is 10.7 Å². The molecule has 0 amide bonds. The molecule has 0 saturated carbocycles. The summed E-state index contributed by atoms with van der Waals surface area (Å²) < 4.78 is 19.3. The fourth-order valence-corrected chi connectivity index (χ4v) is 1.73. The highest BCUT2D eigenvalue weighted by molar-refractivity contribution is 9.10. The van der Waals surface area contributed by atoms with E-state index in [1.807, 2.05) is 0 Å². The second-order valence-electron chi connectivity index (χ2n) is 3.20. The highest BCUT2D eigenvalue weighted by Gasteiger charge is 2.12. The first-order chi connectivity index (χ1) is 8.08. The number of hydrogen-bond donors (Lipinski definition) is 1. The number of aromatic nitrogens is 1. The molecule has 3 nitrogen and oxygen atoms in total. The Bertz CT molecular complexity index is 545. The summed E-state index contributed by atoms with van der Waals surface area (Å²) in [4.78, 5) is 3.80. The van der Waals surface area contributed by atoms with Gasteiger partial charge in [0.1, 0.15) is 0 Å². The van der Waals surface area contributed by atoms with Crippen LogP contribution in [0, 0.1) is 5.82 Å². The molecule has 6 heteroatoms. The molecule has 0 aliphatic heterocycles. The number of hydrogen-bond acceptors (Lipinski definition) is 3. The molecule has 0 radical (unpaired) electrons. The Hall–Kier alpha value is -1.33. The van der Waals surface area contributed by atoms with Crippen LogP contribution >= 0.6 is 27.5 Å². The summed E-state index contributed by atoms with van der Waals surface area (Å²) in [7, 11) is 0. The van der Waals surface area contributed by atoms with Crippen LogP contribution < -0.4 is 10.5 Å². The van der Waals surface area contributed by atoms with Gasteiger partial charge in [-0.05, 0) is 34.1 Å². The van der Waals surface area contributed by atoms with Crippen molar-refractivity contribution in [1.29, 1.82) is 0 Å². The van der Waals surface area contributed by atoms with E-state index in [2.05, 4.69) is 20.9 Å². The summed E-state index contributed by atoms with van der Waals surface area (Å²) in [5, 5.41) is 0.300. The molecule has 1 aromatic carbocycles. The maximum Gasteiger partial charge on any atom is 0.256 e. The van der Waals surface area contributed by atoms with E-state index in [1.54, 1.807) is 18.2 Å². The van der Waals surface area contributed by atoms with Crippen LogP contribution in [-0.2, 0) is 0 Å². The largest absolute Gasteiger partial charge is 0.433 e. The van der Waals surface area contributed by atoms with Gasteiger partial charge in [-0.1, -0.05) is 17.7 Å². The minimum absolute atomic E-state index is 0.173. The first-order valence-electron chi connectivity index (χ1n) is 4.61. The number of benzene rings is 1. The molecule has 0 unspecified atom stereocenters. The maximum atomic E-state index is 13.5. The van der Waals surface area contributed by atoms with Crippen LogP contribution in [0.4, 0.5) is 10.1 Å². The Labute approximate surface area is 110 Å². The predicted octanol–water partition coefficient (Wildman–Crippen LogP) is 4.01. The lowest BCUT2D eigenvalue weighted by atomic mass is 10.3. The van der Waals surface area contributed by atoms with Crippen molar-refractivity contribution in [3.63, 3.8) is 0 Å². The zero-order valence-corrected chi connectivity index (χ0v) is 10.8. The molecule has 0 aliphatic rings. The third-order valence-corrected chi connectivity index (χ3v) is 2.70. The van der Waals surface area contributed by atoms with Crippen molar-refractivity contribution in [3.8, 4) is 11.6 Å². The third kappa shape index (κ3) is 2.68. The van der Waals surface area contributed by atoms with E-state index in [4.69, 9.17) is 22.1 Å². The Morgan fingerprint density at radius 3 is 2.82 bits per heavy atom. The maximum absolute atomic E-state index is 13.5. The van der Waals surface area contributed by atoms with Crippen molar-refractivity contribution in [1.82, 2.24) is 4.98 Å². The van der Waals surface area contributed by atoms with Gasteiger partial charge in [-0.25, -0.2) is 9.37 Å². The zero-order chi connectivity index (χ0) is 12.4. The summed E-state index contributed by atoms with van der Waals surface area (Å²) in [5.74, 6) is -0.574. The predicted molar refractivity (Wildman–Crippen MR) is 67.8 cm³/mol. The van der Waals surface area contributed by atoms with Crippen LogP contribution in [0.3, 0.4) is 0 Å². The van der Waals surface area contributed by atoms with Crippen LogP contribution in [-0.4, -0.2) is 4.98 Å². The molecule has 0 saturated heterocycles. The van der Waals surface area contributed by atoms with E-state index in [-0.39, 0.29) is 11.6 Å². The van der Waals surface area contributed by atoms with Gasteiger partial charge >= 0.3 is 0 Å². The van der Waals surface area contributed by atoms with Gasteiger partial charge in [0.15, 0.2) is 11.6 Å². The Kier molecular flexibility index (Phi) is 3.49. The molecule has 2 N–H and O–H groups in total. The molecule has 17 heavy (non-hydrogen) atoms.